The van der Waals surface area contributed by atoms with Gasteiger partial charge in [0.1, 0.15) is 15.6 Å². The van der Waals surface area contributed by atoms with Crippen LogP contribution in [-0.2, 0) is 13.6 Å². The molecule has 0 saturated heterocycles. The molecule has 0 aliphatic carbocycles. The number of carboxylic acids is 1. The number of nitrogens with one attached hydrogen (secondary N) is 1. The van der Waals surface area contributed by atoms with Crippen molar-refractivity contribution in [2.75, 3.05) is 0 Å². The van der Waals surface area contributed by atoms with Gasteiger partial charge in [0.15, 0.2) is 0 Å². The van der Waals surface area contributed by atoms with E-state index >= 15 is 0 Å². The molecule has 0 aliphatic rings. The van der Waals surface area contributed by atoms with E-state index in [2.05, 4.69) is 10.3 Å². The summed E-state index contributed by atoms with van der Waals surface area (Å²) < 4.78 is 1.71. The highest BCUT2D eigenvalue weighted by atomic mass is 32.1. The Morgan fingerprint density at radius 3 is 2.79 bits per heavy atom. The van der Waals surface area contributed by atoms with Crippen molar-refractivity contribution in [3.63, 3.8) is 0 Å². The maximum absolute atomic E-state index is 11.9. The van der Waals surface area contributed by atoms with Gasteiger partial charge in [0, 0.05) is 13.2 Å². The number of aromatic nitrogens is 2. The molecule has 7 heteroatoms. The Morgan fingerprint density at radius 1 is 1.53 bits per heavy atom. The van der Waals surface area contributed by atoms with Crippen LogP contribution in [0.1, 0.15) is 30.9 Å². The molecule has 1 amide bonds. The van der Waals surface area contributed by atoms with E-state index < -0.39 is 5.97 Å². The molecule has 0 aliphatic heterocycles. The van der Waals surface area contributed by atoms with Crippen LogP contribution in [0.5, 0.6) is 0 Å². The molecule has 19 heavy (non-hydrogen) atoms. The molecule has 6 nitrogen and oxygen atoms in total. The summed E-state index contributed by atoms with van der Waals surface area (Å²) in [4.78, 5) is 27.1. The van der Waals surface area contributed by atoms with Crippen LogP contribution in [0.15, 0.2) is 18.3 Å². The normalized spacial score (nSPS) is 10.4. The lowest BCUT2D eigenvalue weighted by Gasteiger charge is -2.03. The maximum Gasteiger partial charge on any atom is 0.347 e. The first-order valence-electron chi connectivity index (χ1n) is 5.58. The fourth-order valence-electron chi connectivity index (χ4n) is 1.67. The molecule has 0 fully saturated rings. The Hall–Kier alpha value is -2.15. The van der Waals surface area contributed by atoms with Gasteiger partial charge in [0.05, 0.1) is 12.2 Å². The van der Waals surface area contributed by atoms with E-state index in [1.807, 2.05) is 0 Å². The van der Waals surface area contributed by atoms with Gasteiger partial charge in [-0.2, -0.15) is 0 Å². The van der Waals surface area contributed by atoms with Gasteiger partial charge in [-0.3, -0.25) is 4.79 Å². The zero-order valence-corrected chi connectivity index (χ0v) is 11.3. The molecule has 0 atom stereocenters. The molecule has 2 heterocycles. The number of nitrogens with zero attached hydrogens (tertiary/aromatic N) is 2. The smallest absolute Gasteiger partial charge is 0.347 e. The lowest BCUT2D eigenvalue weighted by atomic mass is 10.4. The number of hydrogen-bond acceptors (Lipinski definition) is 4. The topological polar surface area (TPSA) is 84.2 Å². The lowest BCUT2D eigenvalue weighted by Crippen LogP contribution is -2.24. The molecule has 0 aromatic carbocycles. The monoisotopic (exact) mass is 279 g/mol. The summed E-state index contributed by atoms with van der Waals surface area (Å²) in [5.74, 6) is -1.20. The average molecular weight is 279 g/mol. The second-order valence-corrected chi connectivity index (χ2v) is 5.10. The summed E-state index contributed by atoms with van der Waals surface area (Å²) >= 11 is 1.08. The third kappa shape index (κ3) is 2.82. The molecule has 2 aromatic heterocycles. The van der Waals surface area contributed by atoms with Crippen molar-refractivity contribution in [2.45, 2.75) is 13.5 Å². The fourth-order valence-corrected chi connectivity index (χ4v) is 2.51. The van der Waals surface area contributed by atoms with Crippen LogP contribution >= 0.6 is 11.3 Å². The number of aryl methyl sites for hydroxylation is 2. The van der Waals surface area contributed by atoms with Gasteiger partial charge < -0.3 is 15.0 Å². The molecule has 0 unspecified atom stereocenters. The van der Waals surface area contributed by atoms with E-state index in [1.54, 1.807) is 36.9 Å². The molecular weight excluding hydrogens is 266 g/mol. The number of aromatic carboxylic acids is 1. The summed E-state index contributed by atoms with van der Waals surface area (Å²) in [6.45, 7) is 1.87. The quantitative estimate of drug-likeness (QED) is 0.886. The zero-order valence-electron chi connectivity index (χ0n) is 10.5. The maximum atomic E-state index is 11.9. The van der Waals surface area contributed by atoms with Crippen molar-refractivity contribution < 1.29 is 14.7 Å². The number of amides is 1. The van der Waals surface area contributed by atoms with Crippen LogP contribution in [0.25, 0.3) is 0 Å². The van der Waals surface area contributed by atoms with Gasteiger partial charge in [-0.05, 0) is 19.1 Å². The van der Waals surface area contributed by atoms with Crippen LogP contribution < -0.4 is 5.32 Å². The Balaban J connectivity index is 2.03. The lowest BCUT2D eigenvalue weighted by molar-refractivity contribution is 0.0701. The zero-order chi connectivity index (χ0) is 14.0. The highest BCUT2D eigenvalue weighted by Gasteiger charge is 2.15. The number of thiazole rings is 1. The van der Waals surface area contributed by atoms with Gasteiger partial charge in [-0.1, -0.05) is 0 Å². The SMILES string of the molecule is Cc1nc(CNC(=O)c2cccn2C)sc1C(=O)O. The Kier molecular flexibility index (Phi) is 3.66. The molecule has 0 bridgehead atoms. The van der Waals surface area contributed by atoms with Crippen molar-refractivity contribution >= 4 is 23.2 Å². The minimum atomic E-state index is -0.991. The van der Waals surface area contributed by atoms with E-state index in [4.69, 9.17) is 5.11 Å². The highest BCUT2D eigenvalue weighted by molar-refractivity contribution is 7.13. The van der Waals surface area contributed by atoms with Crippen LogP contribution in [0.2, 0.25) is 0 Å². The summed E-state index contributed by atoms with van der Waals surface area (Å²) in [5, 5.41) is 12.2. The summed E-state index contributed by atoms with van der Waals surface area (Å²) in [5.41, 5.74) is 1.02. The van der Waals surface area contributed by atoms with Crippen LogP contribution in [0.3, 0.4) is 0 Å². The molecule has 2 aromatic rings. The molecule has 0 radical (unpaired) electrons. The number of carboxylic acid groups (broad SMARTS) is 1. The molecule has 2 N–H and O–H groups in total. The first-order valence-corrected chi connectivity index (χ1v) is 6.40. The van der Waals surface area contributed by atoms with E-state index in [9.17, 15) is 9.59 Å². The van der Waals surface area contributed by atoms with Crippen molar-refractivity contribution in [2.24, 2.45) is 7.05 Å². The number of carbonyl (C=O) groups excluding carboxylic acids is 1. The van der Waals surface area contributed by atoms with Crippen LogP contribution in [0, 0.1) is 6.92 Å². The van der Waals surface area contributed by atoms with Gasteiger partial charge in [-0.15, -0.1) is 11.3 Å². The molecule has 0 spiro atoms. The number of hydrogen-bond donors (Lipinski definition) is 2. The number of carbonyl (C=O) groups is 2. The van der Waals surface area contributed by atoms with Crippen molar-refractivity contribution in [3.8, 4) is 0 Å². The Morgan fingerprint density at radius 2 is 2.26 bits per heavy atom. The largest absolute Gasteiger partial charge is 0.477 e. The second kappa shape index (κ2) is 5.23. The average Bonchev–Trinajstić information content (AvgIpc) is 2.92. The minimum Gasteiger partial charge on any atom is -0.477 e. The van der Waals surface area contributed by atoms with Crippen molar-refractivity contribution in [3.05, 3.63) is 39.6 Å². The fraction of sp³-hybridized carbons (Fsp3) is 0.250. The van der Waals surface area contributed by atoms with Gasteiger partial charge >= 0.3 is 5.97 Å². The first-order chi connectivity index (χ1) is 8.99. The molecule has 2 rings (SSSR count). The minimum absolute atomic E-state index is 0.211. The Bertz CT molecular complexity index is 630. The first kappa shape index (κ1) is 13.3. The standard InChI is InChI=1S/C12H13N3O3S/c1-7-10(12(17)18)19-9(14-7)6-13-11(16)8-4-3-5-15(8)2/h3-5H,6H2,1-2H3,(H,13,16)(H,17,18). The second-order valence-electron chi connectivity index (χ2n) is 4.01. The summed E-state index contributed by atoms with van der Waals surface area (Å²) in [7, 11) is 1.78. The molecular formula is C12H13N3O3S. The van der Waals surface area contributed by atoms with E-state index in [0.29, 0.717) is 16.4 Å². The number of rotatable bonds is 4. The summed E-state index contributed by atoms with van der Waals surface area (Å²) in [6.07, 6.45) is 1.78. The predicted octanol–water partition coefficient (Wildman–Crippen LogP) is 1.42. The van der Waals surface area contributed by atoms with Crippen molar-refractivity contribution in [1.82, 2.24) is 14.9 Å². The van der Waals surface area contributed by atoms with E-state index in [-0.39, 0.29) is 17.3 Å². The van der Waals surface area contributed by atoms with E-state index in [0.717, 1.165) is 11.3 Å². The van der Waals surface area contributed by atoms with Gasteiger partial charge in [0.25, 0.3) is 5.91 Å². The van der Waals surface area contributed by atoms with E-state index in [1.165, 1.54) is 0 Å². The van der Waals surface area contributed by atoms with Gasteiger partial charge in [0.2, 0.25) is 0 Å². The molecule has 100 valence electrons. The van der Waals surface area contributed by atoms with Crippen LogP contribution in [0.4, 0.5) is 0 Å². The molecule has 0 saturated carbocycles. The Labute approximate surface area is 113 Å². The van der Waals surface area contributed by atoms with Gasteiger partial charge in [-0.25, -0.2) is 9.78 Å². The summed E-state index contributed by atoms with van der Waals surface area (Å²) in [6, 6.07) is 3.50. The van der Waals surface area contributed by atoms with Crippen LogP contribution in [-0.4, -0.2) is 26.5 Å². The third-order valence-electron chi connectivity index (χ3n) is 2.61. The third-order valence-corrected chi connectivity index (χ3v) is 3.76. The van der Waals surface area contributed by atoms with Crippen molar-refractivity contribution in [1.29, 1.82) is 0 Å². The highest BCUT2D eigenvalue weighted by Crippen LogP contribution is 2.17. The predicted molar refractivity (Wildman–Crippen MR) is 70.4 cm³/mol.